The fourth-order valence-electron chi connectivity index (χ4n) is 2.43. The maximum Gasteiger partial charge on any atom is 0.325 e. The van der Waals surface area contributed by atoms with Gasteiger partial charge < -0.3 is 15.6 Å². The van der Waals surface area contributed by atoms with E-state index in [9.17, 15) is 9.59 Å². The number of hydrogen-bond donors (Lipinski definition) is 3. The molecule has 1 aromatic rings. The van der Waals surface area contributed by atoms with E-state index in [2.05, 4.69) is 15.6 Å². The zero-order chi connectivity index (χ0) is 13.8. The Hall–Kier alpha value is -1.56. The molecule has 19 heavy (non-hydrogen) atoms. The van der Waals surface area contributed by atoms with Gasteiger partial charge in [0.1, 0.15) is 0 Å². The van der Waals surface area contributed by atoms with E-state index in [-0.39, 0.29) is 17.6 Å². The summed E-state index contributed by atoms with van der Waals surface area (Å²) in [7, 11) is 0. The Morgan fingerprint density at radius 2 is 2.26 bits per heavy atom. The number of carbonyl (C=O) groups excluding carboxylic acids is 1. The van der Waals surface area contributed by atoms with Crippen molar-refractivity contribution in [3.63, 3.8) is 0 Å². The lowest BCUT2D eigenvalue weighted by atomic mass is 10.1. The summed E-state index contributed by atoms with van der Waals surface area (Å²) in [6, 6.07) is 0.229. The van der Waals surface area contributed by atoms with Gasteiger partial charge in [-0.3, -0.25) is 9.36 Å². The smallest absolute Gasteiger partial charge is 0.325 e. The molecule has 1 atom stereocenters. The summed E-state index contributed by atoms with van der Waals surface area (Å²) in [6.45, 7) is 6.05. The SMILES string of the molecule is Cc1[nH]c(=O)n(CCC(=O)NC2CCCNC2)c1C. The quantitative estimate of drug-likeness (QED) is 0.720. The molecule has 1 aliphatic rings. The molecule has 0 radical (unpaired) electrons. The van der Waals surface area contributed by atoms with Crippen LogP contribution in [-0.2, 0) is 11.3 Å². The summed E-state index contributed by atoms with van der Waals surface area (Å²) in [5.41, 5.74) is 1.63. The fraction of sp³-hybridized carbons (Fsp3) is 0.692. The Morgan fingerprint density at radius 3 is 2.84 bits per heavy atom. The highest BCUT2D eigenvalue weighted by atomic mass is 16.2. The van der Waals surface area contributed by atoms with E-state index >= 15 is 0 Å². The summed E-state index contributed by atoms with van der Waals surface area (Å²) in [5.74, 6) is 0.0128. The second-order valence-corrected chi connectivity index (χ2v) is 5.15. The van der Waals surface area contributed by atoms with Crippen LogP contribution in [-0.4, -0.2) is 34.6 Å². The molecular weight excluding hydrogens is 244 g/mol. The minimum absolute atomic E-state index is 0.0128. The average Bonchev–Trinajstić information content (AvgIpc) is 2.62. The molecule has 1 amide bonds. The summed E-state index contributed by atoms with van der Waals surface area (Å²) >= 11 is 0. The summed E-state index contributed by atoms with van der Waals surface area (Å²) < 4.78 is 1.62. The number of rotatable bonds is 4. The van der Waals surface area contributed by atoms with Crippen molar-refractivity contribution in [3.8, 4) is 0 Å². The van der Waals surface area contributed by atoms with Crippen LogP contribution >= 0.6 is 0 Å². The first-order chi connectivity index (χ1) is 9.08. The van der Waals surface area contributed by atoms with Gasteiger partial charge in [0.15, 0.2) is 0 Å². The number of hydrogen-bond acceptors (Lipinski definition) is 3. The van der Waals surface area contributed by atoms with Crippen LogP contribution in [0.3, 0.4) is 0 Å². The molecule has 1 fully saturated rings. The minimum Gasteiger partial charge on any atom is -0.352 e. The van der Waals surface area contributed by atoms with Crippen LogP contribution < -0.4 is 16.3 Å². The predicted octanol–water partition coefficient (Wildman–Crippen LogP) is 0.0515. The number of amides is 1. The zero-order valence-corrected chi connectivity index (χ0v) is 11.6. The first kappa shape index (κ1) is 13.9. The van der Waals surface area contributed by atoms with Gasteiger partial charge in [-0.25, -0.2) is 4.79 Å². The molecule has 0 saturated carbocycles. The van der Waals surface area contributed by atoms with Crippen LogP contribution in [0.2, 0.25) is 0 Å². The predicted molar refractivity (Wildman–Crippen MR) is 73.2 cm³/mol. The van der Waals surface area contributed by atoms with Crippen molar-refractivity contribution < 1.29 is 4.79 Å². The zero-order valence-electron chi connectivity index (χ0n) is 11.6. The van der Waals surface area contributed by atoms with E-state index < -0.39 is 0 Å². The Labute approximate surface area is 112 Å². The molecule has 1 aromatic heterocycles. The molecule has 2 rings (SSSR count). The van der Waals surface area contributed by atoms with Gasteiger partial charge in [-0.1, -0.05) is 0 Å². The number of nitrogens with zero attached hydrogens (tertiary/aromatic N) is 1. The normalized spacial score (nSPS) is 19.4. The topological polar surface area (TPSA) is 78.9 Å². The third-order valence-corrected chi connectivity index (χ3v) is 3.71. The summed E-state index contributed by atoms with van der Waals surface area (Å²) in [6.07, 6.45) is 2.47. The van der Waals surface area contributed by atoms with Crippen molar-refractivity contribution in [1.29, 1.82) is 0 Å². The lowest BCUT2D eigenvalue weighted by Gasteiger charge is -2.23. The highest BCUT2D eigenvalue weighted by molar-refractivity contribution is 5.76. The molecule has 0 aliphatic carbocycles. The van der Waals surface area contributed by atoms with E-state index in [4.69, 9.17) is 0 Å². The van der Waals surface area contributed by atoms with Gasteiger partial charge in [0, 0.05) is 36.9 Å². The first-order valence-corrected chi connectivity index (χ1v) is 6.84. The van der Waals surface area contributed by atoms with Crippen LogP contribution in [0.25, 0.3) is 0 Å². The van der Waals surface area contributed by atoms with Gasteiger partial charge in [-0.2, -0.15) is 0 Å². The second kappa shape index (κ2) is 6.06. The molecule has 2 heterocycles. The number of aromatic amines is 1. The van der Waals surface area contributed by atoms with Crippen LogP contribution in [0.1, 0.15) is 30.7 Å². The van der Waals surface area contributed by atoms with E-state index in [1.165, 1.54) is 0 Å². The van der Waals surface area contributed by atoms with Crippen LogP contribution in [0.5, 0.6) is 0 Å². The van der Waals surface area contributed by atoms with Gasteiger partial charge in [-0.15, -0.1) is 0 Å². The molecule has 0 aromatic carbocycles. The maximum atomic E-state index is 11.8. The molecule has 1 unspecified atom stereocenters. The van der Waals surface area contributed by atoms with Gasteiger partial charge in [0.05, 0.1) is 0 Å². The van der Waals surface area contributed by atoms with Crippen molar-refractivity contribution in [1.82, 2.24) is 20.2 Å². The molecule has 6 nitrogen and oxygen atoms in total. The van der Waals surface area contributed by atoms with Gasteiger partial charge >= 0.3 is 5.69 Å². The lowest BCUT2D eigenvalue weighted by Crippen LogP contribution is -2.45. The largest absolute Gasteiger partial charge is 0.352 e. The molecule has 0 spiro atoms. The van der Waals surface area contributed by atoms with Gasteiger partial charge in [0.25, 0.3) is 0 Å². The Bertz CT molecular complexity index is 497. The summed E-state index contributed by atoms with van der Waals surface area (Å²) in [4.78, 5) is 26.2. The lowest BCUT2D eigenvalue weighted by molar-refractivity contribution is -0.122. The van der Waals surface area contributed by atoms with Crippen molar-refractivity contribution >= 4 is 5.91 Å². The number of H-pyrrole nitrogens is 1. The molecule has 1 aliphatic heterocycles. The van der Waals surface area contributed by atoms with Crippen molar-refractivity contribution in [3.05, 3.63) is 21.9 Å². The Morgan fingerprint density at radius 1 is 1.47 bits per heavy atom. The van der Waals surface area contributed by atoms with E-state index in [1.54, 1.807) is 4.57 Å². The average molecular weight is 266 g/mol. The number of piperidine rings is 1. The fourth-order valence-corrected chi connectivity index (χ4v) is 2.43. The maximum absolute atomic E-state index is 11.8. The Balaban J connectivity index is 1.84. The first-order valence-electron chi connectivity index (χ1n) is 6.84. The highest BCUT2D eigenvalue weighted by Gasteiger charge is 2.15. The van der Waals surface area contributed by atoms with Gasteiger partial charge in [-0.05, 0) is 33.2 Å². The van der Waals surface area contributed by atoms with Crippen molar-refractivity contribution in [2.75, 3.05) is 13.1 Å². The molecule has 106 valence electrons. The van der Waals surface area contributed by atoms with Crippen molar-refractivity contribution in [2.24, 2.45) is 0 Å². The number of nitrogens with one attached hydrogen (secondary N) is 3. The minimum atomic E-state index is -0.137. The highest BCUT2D eigenvalue weighted by Crippen LogP contribution is 2.03. The molecule has 3 N–H and O–H groups in total. The van der Waals surface area contributed by atoms with Gasteiger partial charge in [0.2, 0.25) is 5.91 Å². The Kier molecular flexibility index (Phi) is 4.42. The second-order valence-electron chi connectivity index (χ2n) is 5.15. The molecule has 6 heteroatoms. The number of aromatic nitrogens is 2. The van der Waals surface area contributed by atoms with Crippen molar-refractivity contribution in [2.45, 2.75) is 45.7 Å². The monoisotopic (exact) mass is 266 g/mol. The van der Waals surface area contributed by atoms with E-state index in [0.717, 1.165) is 37.3 Å². The number of aryl methyl sites for hydroxylation is 1. The van der Waals surface area contributed by atoms with Crippen LogP contribution in [0, 0.1) is 13.8 Å². The molecular formula is C13H22N4O2. The van der Waals surface area contributed by atoms with Crippen LogP contribution in [0.4, 0.5) is 0 Å². The third kappa shape index (κ3) is 3.47. The van der Waals surface area contributed by atoms with E-state index in [1.807, 2.05) is 13.8 Å². The van der Waals surface area contributed by atoms with E-state index in [0.29, 0.717) is 13.0 Å². The standard InChI is InChI=1S/C13H22N4O2/c1-9-10(2)17(13(19)15-9)7-5-12(18)16-11-4-3-6-14-8-11/h11,14H,3-8H2,1-2H3,(H,15,19)(H,16,18). The number of carbonyl (C=O) groups is 1. The number of imidazole rings is 1. The van der Waals surface area contributed by atoms with Crippen LogP contribution in [0.15, 0.2) is 4.79 Å². The summed E-state index contributed by atoms with van der Waals surface area (Å²) in [5, 5.41) is 6.27. The molecule has 1 saturated heterocycles. The molecule has 0 bridgehead atoms. The third-order valence-electron chi connectivity index (χ3n) is 3.71.